The summed E-state index contributed by atoms with van der Waals surface area (Å²) < 4.78 is 5.07. The van der Waals surface area contributed by atoms with Crippen LogP contribution in [0.3, 0.4) is 0 Å². The number of nitrogens with zero attached hydrogens (tertiary/aromatic N) is 2. The number of ether oxygens (including phenoxy) is 1. The molecule has 4 nitrogen and oxygen atoms in total. The third-order valence-corrected chi connectivity index (χ3v) is 2.86. The van der Waals surface area contributed by atoms with E-state index in [1.165, 1.54) is 0 Å². The molecule has 0 aliphatic carbocycles. The molecular formula is C15H16N2O2. The zero-order chi connectivity index (χ0) is 13.8. The molecule has 0 aliphatic rings. The maximum atomic E-state index is 12.3. The summed E-state index contributed by atoms with van der Waals surface area (Å²) in [5, 5.41) is 0. The molecule has 0 saturated heterocycles. The molecule has 0 aliphatic heterocycles. The first-order chi connectivity index (χ1) is 9.11. The summed E-state index contributed by atoms with van der Waals surface area (Å²) in [4.78, 5) is 18.3. The normalized spacial score (nSPS) is 10.1. The van der Waals surface area contributed by atoms with Gasteiger partial charge >= 0.3 is 0 Å². The summed E-state index contributed by atoms with van der Waals surface area (Å²) in [6.07, 6.45) is 3.12. The van der Waals surface area contributed by atoms with Crippen molar-refractivity contribution in [3.05, 3.63) is 53.9 Å². The number of hydrogen-bond donors (Lipinski definition) is 0. The molecule has 1 aromatic carbocycles. The topological polar surface area (TPSA) is 42.4 Å². The quantitative estimate of drug-likeness (QED) is 0.788. The van der Waals surface area contributed by atoms with Gasteiger partial charge in [0.15, 0.2) is 5.78 Å². The fourth-order valence-electron chi connectivity index (χ4n) is 1.73. The summed E-state index contributed by atoms with van der Waals surface area (Å²) >= 11 is 0. The summed E-state index contributed by atoms with van der Waals surface area (Å²) in [5.41, 5.74) is 2.22. The number of rotatable bonds is 4. The average molecular weight is 256 g/mol. The summed E-state index contributed by atoms with van der Waals surface area (Å²) in [6.45, 7) is 0. The predicted molar refractivity (Wildman–Crippen MR) is 75.0 cm³/mol. The Bertz CT molecular complexity index is 577. The molecule has 0 saturated carbocycles. The van der Waals surface area contributed by atoms with E-state index < -0.39 is 0 Å². The molecule has 0 amide bonds. The summed E-state index contributed by atoms with van der Waals surface area (Å²) in [6, 6.07) is 9.16. The number of hydrogen-bond acceptors (Lipinski definition) is 4. The molecule has 0 atom stereocenters. The highest BCUT2D eigenvalue weighted by Gasteiger charge is 2.10. The van der Waals surface area contributed by atoms with E-state index in [1.807, 2.05) is 43.3 Å². The van der Waals surface area contributed by atoms with Gasteiger partial charge in [0.25, 0.3) is 0 Å². The third kappa shape index (κ3) is 2.91. The van der Waals surface area contributed by atoms with Crippen molar-refractivity contribution in [3.63, 3.8) is 0 Å². The van der Waals surface area contributed by atoms with E-state index >= 15 is 0 Å². The summed E-state index contributed by atoms with van der Waals surface area (Å²) in [5.74, 6) is 0.521. The Morgan fingerprint density at radius 1 is 1.11 bits per heavy atom. The molecule has 0 fully saturated rings. The van der Waals surface area contributed by atoms with Crippen molar-refractivity contribution in [2.45, 2.75) is 0 Å². The zero-order valence-corrected chi connectivity index (χ0v) is 11.3. The highest BCUT2D eigenvalue weighted by Crippen LogP contribution is 2.17. The predicted octanol–water partition coefficient (Wildman–Crippen LogP) is 2.39. The lowest BCUT2D eigenvalue weighted by Crippen LogP contribution is -2.09. The van der Waals surface area contributed by atoms with E-state index in [-0.39, 0.29) is 5.78 Å². The lowest BCUT2D eigenvalue weighted by molar-refractivity contribution is 0.103. The molecular weight excluding hydrogens is 240 g/mol. The first-order valence-electron chi connectivity index (χ1n) is 5.93. The second-order valence-electron chi connectivity index (χ2n) is 4.38. The van der Waals surface area contributed by atoms with Gasteiger partial charge in [-0.1, -0.05) is 0 Å². The molecule has 0 N–H and O–H groups in total. The van der Waals surface area contributed by atoms with Crippen LogP contribution in [0.2, 0.25) is 0 Å². The number of aromatic nitrogens is 1. The van der Waals surface area contributed by atoms with Crippen LogP contribution in [0.4, 0.5) is 5.69 Å². The summed E-state index contributed by atoms with van der Waals surface area (Å²) in [7, 11) is 5.47. The average Bonchev–Trinajstić information content (AvgIpc) is 2.46. The van der Waals surface area contributed by atoms with Crippen LogP contribution < -0.4 is 9.64 Å². The second kappa shape index (κ2) is 5.52. The van der Waals surface area contributed by atoms with Crippen LogP contribution in [-0.2, 0) is 0 Å². The maximum absolute atomic E-state index is 12.3. The lowest BCUT2D eigenvalue weighted by atomic mass is 10.0. The van der Waals surface area contributed by atoms with Crippen molar-refractivity contribution in [3.8, 4) is 5.75 Å². The van der Waals surface area contributed by atoms with Crippen LogP contribution in [0.15, 0.2) is 42.7 Å². The minimum absolute atomic E-state index is 0.0586. The number of carbonyl (C=O) groups is 1. The molecule has 0 spiro atoms. The molecule has 4 heteroatoms. The Morgan fingerprint density at radius 2 is 1.79 bits per heavy atom. The Balaban J connectivity index is 2.28. The van der Waals surface area contributed by atoms with Crippen LogP contribution in [0.1, 0.15) is 15.9 Å². The highest BCUT2D eigenvalue weighted by molar-refractivity contribution is 6.09. The Hall–Kier alpha value is -2.36. The molecule has 1 aromatic heterocycles. The van der Waals surface area contributed by atoms with Gasteiger partial charge in [-0.3, -0.25) is 9.78 Å². The van der Waals surface area contributed by atoms with E-state index in [0.717, 1.165) is 5.69 Å². The number of benzene rings is 1. The van der Waals surface area contributed by atoms with Crippen molar-refractivity contribution < 1.29 is 9.53 Å². The molecule has 98 valence electrons. The van der Waals surface area contributed by atoms with Crippen LogP contribution >= 0.6 is 0 Å². The van der Waals surface area contributed by atoms with Gasteiger partial charge in [0, 0.05) is 37.1 Å². The monoisotopic (exact) mass is 256 g/mol. The van der Waals surface area contributed by atoms with Crippen LogP contribution in [-0.4, -0.2) is 32.0 Å². The zero-order valence-electron chi connectivity index (χ0n) is 11.3. The Labute approximate surface area is 112 Å². The van der Waals surface area contributed by atoms with Crippen LogP contribution in [0.5, 0.6) is 5.75 Å². The first-order valence-corrected chi connectivity index (χ1v) is 5.93. The van der Waals surface area contributed by atoms with Crippen molar-refractivity contribution in [1.82, 2.24) is 4.98 Å². The molecule has 2 aromatic rings. The van der Waals surface area contributed by atoms with Gasteiger partial charge in [-0.2, -0.15) is 0 Å². The third-order valence-electron chi connectivity index (χ3n) is 2.86. The standard InChI is InChI=1S/C15H16N2O2/c1-17(2)13-6-4-11(5-7-13)15(18)12-8-14(19-3)10-16-9-12/h4-10H,1-3H3. The number of carbonyl (C=O) groups excluding carboxylic acids is 1. The minimum Gasteiger partial charge on any atom is -0.495 e. The molecule has 0 unspecified atom stereocenters. The van der Waals surface area contributed by atoms with E-state index in [9.17, 15) is 4.79 Å². The molecule has 2 rings (SSSR count). The number of methoxy groups -OCH3 is 1. The molecule has 0 radical (unpaired) electrons. The van der Waals surface area contributed by atoms with Gasteiger partial charge in [0.2, 0.25) is 0 Å². The fourth-order valence-corrected chi connectivity index (χ4v) is 1.73. The van der Waals surface area contributed by atoms with Gasteiger partial charge in [-0.15, -0.1) is 0 Å². The van der Waals surface area contributed by atoms with Crippen LogP contribution in [0, 0.1) is 0 Å². The fraction of sp³-hybridized carbons (Fsp3) is 0.200. The van der Waals surface area contributed by atoms with Crippen molar-refractivity contribution in [2.24, 2.45) is 0 Å². The molecule has 0 bridgehead atoms. The lowest BCUT2D eigenvalue weighted by Gasteiger charge is -2.12. The van der Waals surface area contributed by atoms with Gasteiger partial charge in [0.05, 0.1) is 13.3 Å². The van der Waals surface area contributed by atoms with Crippen molar-refractivity contribution in [2.75, 3.05) is 26.1 Å². The van der Waals surface area contributed by atoms with Gasteiger partial charge in [-0.25, -0.2) is 0 Å². The van der Waals surface area contributed by atoms with E-state index in [2.05, 4.69) is 4.98 Å². The second-order valence-corrected chi connectivity index (χ2v) is 4.38. The number of ketones is 1. The maximum Gasteiger partial charge on any atom is 0.194 e. The number of pyridine rings is 1. The van der Waals surface area contributed by atoms with Gasteiger partial charge in [0.1, 0.15) is 5.75 Å². The van der Waals surface area contributed by atoms with Crippen molar-refractivity contribution >= 4 is 11.5 Å². The smallest absolute Gasteiger partial charge is 0.194 e. The Kier molecular flexibility index (Phi) is 3.80. The number of anilines is 1. The first kappa shape index (κ1) is 13.1. The largest absolute Gasteiger partial charge is 0.495 e. The van der Waals surface area contributed by atoms with Gasteiger partial charge < -0.3 is 9.64 Å². The van der Waals surface area contributed by atoms with E-state index in [0.29, 0.717) is 16.9 Å². The minimum atomic E-state index is -0.0586. The SMILES string of the molecule is COc1cncc(C(=O)c2ccc(N(C)C)cc2)c1. The van der Waals surface area contributed by atoms with Crippen molar-refractivity contribution in [1.29, 1.82) is 0 Å². The highest BCUT2D eigenvalue weighted by atomic mass is 16.5. The van der Waals surface area contributed by atoms with E-state index in [4.69, 9.17) is 4.74 Å². The van der Waals surface area contributed by atoms with E-state index in [1.54, 1.807) is 25.6 Å². The van der Waals surface area contributed by atoms with Crippen LogP contribution in [0.25, 0.3) is 0 Å². The van der Waals surface area contributed by atoms with Gasteiger partial charge in [-0.05, 0) is 30.3 Å². The molecule has 1 heterocycles. The Morgan fingerprint density at radius 3 is 2.37 bits per heavy atom. The molecule has 19 heavy (non-hydrogen) atoms.